The third kappa shape index (κ3) is 3.23. The summed E-state index contributed by atoms with van der Waals surface area (Å²) in [5, 5.41) is 1.95. The van der Waals surface area contributed by atoms with E-state index in [0.29, 0.717) is 0 Å². The first-order chi connectivity index (χ1) is 8.58. The first kappa shape index (κ1) is 13.8. The monoisotopic (exact) mass is 268 g/mol. The number of nitrogens with zero attached hydrogens (tertiary/aromatic N) is 2. The van der Waals surface area contributed by atoms with Gasteiger partial charge in [0.05, 0.1) is 0 Å². The third-order valence-corrected chi connectivity index (χ3v) is 5.14. The van der Waals surface area contributed by atoms with Gasteiger partial charge in [0.2, 0.25) is 0 Å². The molecule has 0 radical (unpaired) electrons. The van der Waals surface area contributed by atoms with Gasteiger partial charge in [-0.2, -0.15) is 0 Å². The Balaban J connectivity index is 1.85. The predicted octanol–water partition coefficient (Wildman–Crippen LogP) is 2.73. The first-order valence-electron chi connectivity index (χ1n) is 6.93. The van der Waals surface area contributed by atoms with Crippen LogP contribution in [0.3, 0.4) is 0 Å². The Morgan fingerprint density at radius 2 is 2.06 bits per heavy atom. The van der Waals surface area contributed by atoms with Crippen molar-refractivity contribution in [3.8, 4) is 0 Å². The molecular formula is C14H24N2OS. The number of thiazole rings is 1. The van der Waals surface area contributed by atoms with Crippen LogP contribution in [0.1, 0.15) is 38.3 Å². The van der Waals surface area contributed by atoms with Crippen LogP contribution in [0.5, 0.6) is 0 Å². The molecule has 1 heterocycles. The second-order valence-electron chi connectivity index (χ2n) is 5.69. The molecule has 2 rings (SSSR count). The van der Waals surface area contributed by atoms with Crippen molar-refractivity contribution in [3.63, 3.8) is 0 Å². The van der Waals surface area contributed by atoms with Crippen LogP contribution >= 0.6 is 11.3 Å². The van der Waals surface area contributed by atoms with Crippen LogP contribution in [0.2, 0.25) is 0 Å². The predicted molar refractivity (Wildman–Crippen MR) is 77.4 cm³/mol. The minimum absolute atomic E-state index is 0.179. The molecule has 1 saturated carbocycles. The van der Waals surface area contributed by atoms with Crippen molar-refractivity contribution < 1.29 is 0 Å². The Labute approximate surface area is 113 Å². The average molecular weight is 268 g/mol. The highest BCUT2D eigenvalue weighted by Gasteiger charge is 2.21. The highest BCUT2D eigenvalue weighted by Crippen LogP contribution is 2.26. The van der Waals surface area contributed by atoms with Gasteiger partial charge in [-0.1, -0.05) is 18.3 Å². The van der Waals surface area contributed by atoms with Crippen LogP contribution in [0.15, 0.2) is 10.2 Å². The molecule has 0 spiro atoms. The zero-order chi connectivity index (χ0) is 13.1. The summed E-state index contributed by atoms with van der Waals surface area (Å²) in [5.41, 5.74) is 1.09. The summed E-state index contributed by atoms with van der Waals surface area (Å²) in [6.07, 6.45) is 5.34. The lowest BCUT2D eigenvalue weighted by Crippen LogP contribution is -2.37. The fraction of sp³-hybridized carbons (Fsp3) is 0.786. The molecule has 1 aromatic heterocycles. The number of rotatable bonds is 4. The fourth-order valence-corrected chi connectivity index (χ4v) is 3.56. The Bertz CT molecular complexity index is 429. The highest BCUT2D eigenvalue weighted by atomic mass is 32.1. The fourth-order valence-electron chi connectivity index (χ4n) is 2.80. The molecule has 4 heteroatoms. The van der Waals surface area contributed by atoms with E-state index in [-0.39, 0.29) is 4.87 Å². The Morgan fingerprint density at radius 1 is 1.39 bits per heavy atom. The molecular weight excluding hydrogens is 244 g/mol. The molecule has 0 aliphatic heterocycles. The molecule has 1 aromatic rings. The summed E-state index contributed by atoms with van der Waals surface area (Å²) >= 11 is 1.31. The smallest absolute Gasteiger partial charge is 0.302 e. The van der Waals surface area contributed by atoms with Gasteiger partial charge in [0.25, 0.3) is 0 Å². The number of hydrogen-bond donors (Lipinski definition) is 0. The van der Waals surface area contributed by atoms with Crippen LogP contribution in [-0.2, 0) is 6.54 Å². The van der Waals surface area contributed by atoms with E-state index in [1.54, 1.807) is 0 Å². The normalized spacial score (nSPS) is 24.7. The van der Waals surface area contributed by atoms with Crippen molar-refractivity contribution in [1.82, 2.24) is 9.47 Å². The van der Waals surface area contributed by atoms with Crippen molar-refractivity contribution in [2.45, 2.75) is 52.1 Å². The van der Waals surface area contributed by atoms with Crippen molar-refractivity contribution in [2.75, 3.05) is 13.6 Å². The van der Waals surface area contributed by atoms with Crippen LogP contribution in [0, 0.1) is 12.8 Å². The summed E-state index contributed by atoms with van der Waals surface area (Å²) in [4.78, 5) is 14.3. The van der Waals surface area contributed by atoms with E-state index in [1.165, 1.54) is 37.0 Å². The Kier molecular flexibility index (Phi) is 4.62. The lowest BCUT2D eigenvalue weighted by Gasteiger charge is -2.33. The number of likely N-dealkylation sites (N-methyl/N-ethyl adjacent to an activating group) is 1. The summed E-state index contributed by atoms with van der Waals surface area (Å²) in [7, 11) is 2.20. The first-order valence-corrected chi connectivity index (χ1v) is 7.81. The van der Waals surface area contributed by atoms with Crippen LogP contribution in [0.25, 0.3) is 0 Å². The average Bonchev–Trinajstić information content (AvgIpc) is 2.67. The van der Waals surface area contributed by atoms with Crippen molar-refractivity contribution in [3.05, 3.63) is 20.7 Å². The maximum Gasteiger partial charge on any atom is 0.307 e. The highest BCUT2D eigenvalue weighted by molar-refractivity contribution is 7.07. The zero-order valence-electron chi connectivity index (χ0n) is 11.7. The van der Waals surface area contributed by atoms with E-state index < -0.39 is 0 Å². The maximum atomic E-state index is 11.6. The topological polar surface area (TPSA) is 25.2 Å². The molecule has 0 bridgehead atoms. The summed E-state index contributed by atoms with van der Waals surface area (Å²) < 4.78 is 1.90. The summed E-state index contributed by atoms with van der Waals surface area (Å²) in [5.74, 6) is 0.899. The Morgan fingerprint density at radius 3 is 2.61 bits per heavy atom. The molecule has 0 N–H and O–H groups in total. The van der Waals surface area contributed by atoms with E-state index in [4.69, 9.17) is 0 Å². The standard InChI is InChI=1S/C14H24N2OS/c1-11-4-6-13(7-5-11)15(3)8-9-16-12(2)10-18-14(16)17/h10-11,13H,4-9H2,1-3H3. The lowest BCUT2D eigenvalue weighted by molar-refractivity contribution is 0.165. The van der Waals surface area contributed by atoms with Crippen LogP contribution in [0.4, 0.5) is 0 Å². The van der Waals surface area contributed by atoms with Gasteiger partial charge >= 0.3 is 4.87 Å². The molecule has 0 saturated heterocycles. The van der Waals surface area contributed by atoms with Gasteiger partial charge in [0.15, 0.2) is 0 Å². The van der Waals surface area contributed by atoms with Gasteiger partial charge in [-0.25, -0.2) is 0 Å². The molecule has 1 aliphatic rings. The molecule has 18 heavy (non-hydrogen) atoms. The van der Waals surface area contributed by atoms with Gasteiger partial charge < -0.3 is 9.47 Å². The van der Waals surface area contributed by atoms with E-state index in [1.807, 2.05) is 16.9 Å². The second kappa shape index (κ2) is 6.02. The number of aryl methyl sites for hydroxylation is 1. The maximum absolute atomic E-state index is 11.6. The van der Waals surface area contributed by atoms with Gasteiger partial charge in [-0.15, -0.1) is 0 Å². The quantitative estimate of drug-likeness (QED) is 0.839. The lowest BCUT2D eigenvalue weighted by atomic mass is 9.87. The Hall–Kier alpha value is -0.610. The van der Waals surface area contributed by atoms with Crippen molar-refractivity contribution in [2.24, 2.45) is 5.92 Å². The van der Waals surface area contributed by atoms with Gasteiger partial charge in [0, 0.05) is 30.2 Å². The third-order valence-electron chi connectivity index (χ3n) is 4.26. The van der Waals surface area contributed by atoms with E-state index in [2.05, 4.69) is 18.9 Å². The number of aromatic nitrogens is 1. The SMILES string of the molecule is Cc1csc(=O)n1CCN(C)C1CCC(C)CC1. The number of hydrogen-bond acceptors (Lipinski definition) is 3. The molecule has 0 atom stereocenters. The van der Waals surface area contributed by atoms with Crippen molar-refractivity contribution >= 4 is 11.3 Å². The van der Waals surface area contributed by atoms with E-state index in [9.17, 15) is 4.79 Å². The molecule has 0 unspecified atom stereocenters. The minimum Gasteiger partial charge on any atom is -0.302 e. The molecule has 0 amide bonds. The summed E-state index contributed by atoms with van der Waals surface area (Å²) in [6.45, 7) is 6.18. The van der Waals surface area contributed by atoms with Crippen LogP contribution in [-0.4, -0.2) is 29.1 Å². The zero-order valence-corrected chi connectivity index (χ0v) is 12.5. The second-order valence-corrected chi connectivity index (χ2v) is 6.51. The molecule has 1 aliphatic carbocycles. The van der Waals surface area contributed by atoms with E-state index in [0.717, 1.165) is 30.7 Å². The minimum atomic E-state index is 0.179. The van der Waals surface area contributed by atoms with Gasteiger partial charge in [-0.3, -0.25) is 4.79 Å². The van der Waals surface area contributed by atoms with Gasteiger partial charge in [-0.05, 0) is 45.6 Å². The van der Waals surface area contributed by atoms with Crippen molar-refractivity contribution in [1.29, 1.82) is 0 Å². The van der Waals surface area contributed by atoms with Gasteiger partial charge in [0.1, 0.15) is 0 Å². The molecule has 0 aromatic carbocycles. The molecule has 1 fully saturated rings. The molecule has 3 nitrogen and oxygen atoms in total. The largest absolute Gasteiger partial charge is 0.307 e. The van der Waals surface area contributed by atoms with Crippen LogP contribution < -0.4 is 4.87 Å². The molecule has 102 valence electrons. The summed E-state index contributed by atoms with van der Waals surface area (Å²) in [6, 6.07) is 0.718. The van der Waals surface area contributed by atoms with E-state index >= 15 is 0 Å².